The van der Waals surface area contributed by atoms with Gasteiger partial charge in [0.25, 0.3) is 0 Å². The molecule has 0 aliphatic rings. The molecule has 0 amide bonds. The van der Waals surface area contributed by atoms with Crippen LogP contribution in [0.3, 0.4) is 0 Å². The van der Waals surface area contributed by atoms with Crippen LogP contribution >= 0.6 is 11.3 Å². The van der Waals surface area contributed by atoms with E-state index in [9.17, 15) is 4.39 Å². The standard InChI is InChI=1S/C26H21FN4O2S/c1-16-14-18(27)7-11-21(16)26-25(22-12-10-20(32-3)15-23(22)34-26)33-19-8-4-17(5-9-19)6-13-24-28-30-31(2)29-24/h4-15H,1-3H3/b13-6+. The Labute approximate surface area is 199 Å². The van der Waals surface area contributed by atoms with Gasteiger partial charge in [-0.15, -0.1) is 21.5 Å². The molecule has 0 fully saturated rings. The van der Waals surface area contributed by atoms with E-state index < -0.39 is 0 Å². The molecule has 0 radical (unpaired) electrons. The number of rotatable bonds is 6. The Morgan fingerprint density at radius 3 is 2.47 bits per heavy atom. The number of tetrazole rings is 1. The van der Waals surface area contributed by atoms with Crippen molar-refractivity contribution in [3.05, 3.63) is 83.4 Å². The quantitative estimate of drug-likeness (QED) is 0.282. The summed E-state index contributed by atoms with van der Waals surface area (Å²) in [6.07, 6.45) is 3.72. The van der Waals surface area contributed by atoms with Gasteiger partial charge in [-0.1, -0.05) is 24.3 Å². The molecule has 0 aliphatic carbocycles. The van der Waals surface area contributed by atoms with Crippen LogP contribution in [-0.2, 0) is 7.05 Å². The van der Waals surface area contributed by atoms with Crippen LogP contribution in [0.4, 0.5) is 4.39 Å². The first-order chi connectivity index (χ1) is 16.5. The average Bonchev–Trinajstić information content (AvgIpc) is 3.41. The fraction of sp³-hybridized carbons (Fsp3) is 0.115. The number of benzene rings is 3. The zero-order valence-corrected chi connectivity index (χ0v) is 19.6. The molecule has 3 aromatic carbocycles. The number of hydrogen-bond acceptors (Lipinski definition) is 6. The average molecular weight is 473 g/mol. The maximum atomic E-state index is 13.8. The lowest BCUT2D eigenvalue weighted by atomic mass is 10.1. The predicted molar refractivity (Wildman–Crippen MR) is 133 cm³/mol. The highest BCUT2D eigenvalue weighted by molar-refractivity contribution is 7.22. The van der Waals surface area contributed by atoms with Gasteiger partial charge in [0, 0.05) is 10.1 Å². The summed E-state index contributed by atoms with van der Waals surface area (Å²) in [5.74, 6) is 2.50. The van der Waals surface area contributed by atoms with Crippen LogP contribution in [0.5, 0.6) is 17.2 Å². The lowest BCUT2D eigenvalue weighted by molar-refractivity contribution is 0.415. The van der Waals surface area contributed by atoms with Crippen LogP contribution in [0.2, 0.25) is 0 Å². The van der Waals surface area contributed by atoms with Gasteiger partial charge in [0.1, 0.15) is 17.3 Å². The van der Waals surface area contributed by atoms with E-state index in [4.69, 9.17) is 9.47 Å². The van der Waals surface area contributed by atoms with E-state index in [0.717, 1.165) is 43.2 Å². The minimum Gasteiger partial charge on any atom is -0.497 e. The second kappa shape index (κ2) is 9.07. The molecule has 6 nitrogen and oxygen atoms in total. The number of aromatic nitrogens is 4. The van der Waals surface area contributed by atoms with Crippen molar-refractivity contribution in [1.82, 2.24) is 20.2 Å². The van der Waals surface area contributed by atoms with Gasteiger partial charge >= 0.3 is 0 Å². The van der Waals surface area contributed by atoms with E-state index in [1.165, 1.54) is 16.9 Å². The van der Waals surface area contributed by atoms with Crippen LogP contribution in [-0.4, -0.2) is 27.3 Å². The highest BCUT2D eigenvalue weighted by Crippen LogP contribution is 2.48. The van der Waals surface area contributed by atoms with Crippen molar-refractivity contribution in [1.29, 1.82) is 0 Å². The molecule has 2 aromatic heterocycles. The Kier molecular flexibility index (Phi) is 5.81. The first kappa shape index (κ1) is 21.8. The lowest BCUT2D eigenvalue weighted by Crippen LogP contribution is -1.91. The van der Waals surface area contributed by atoms with Crippen molar-refractivity contribution >= 4 is 33.6 Å². The Balaban J connectivity index is 1.50. The first-order valence-electron chi connectivity index (χ1n) is 10.6. The Bertz CT molecular complexity index is 1510. The van der Waals surface area contributed by atoms with Crippen LogP contribution < -0.4 is 9.47 Å². The minimum atomic E-state index is -0.258. The van der Waals surface area contributed by atoms with E-state index in [0.29, 0.717) is 11.6 Å². The molecule has 5 aromatic rings. The van der Waals surface area contributed by atoms with Crippen LogP contribution in [0.1, 0.15) is 17.0 Å². The van der Waals surface area contributed by atoms with Crippen molar-refractivity contribution in [2.75, 3.05) is 7.11 Å². The minimum absolute atomic E-state index is 0.258. The van der Waals surface area contributed by atoms with Gasteiger partial charge in [0.15, 0.2) is 11.6 Å². The normalized spacial score (nSPS) is 11.4. The molecule has 5 rings (SSSR count). The van der Waals surface area contributed by atoms with Crippen LogP contribution in [0.25, 0.3) is 32.7 Å². The van der Waals surface area contributed by atoms with Gasteiger partial charge in [-0.25, -0.2) is 4.39 Å². The molecule has 0 aliphatic heterocycles. The molecular formula is C26H21FN4O2S. The second-order valence-corrected chi connectivity index (χ2v) is 8.78. The summed E-state index contributed by atoms with van der Waals surface area (Å²) in [5.41, 5.74) is 2.77. The topological polar surface area (TPSA) is 62.1 Å². The molecule has 8 heteroatoms. The Morgan fingerprint density at radius 2 is 1.76 bits per heavy atom. The Morgan fingerprint density at radius 1 is 0.971 bits per heavy atom. The van der Waals surface area contributed by atoms with E-state index in [-0.39, 0.29) is 5.82 Å². The Hall–Kier alpha value is -4.04. The number of aryl methyl sites for hydroxylation is 2. The number of hydrogen-bond donors (Lipinski definition) is 0. The molecular weight excluding hydrogens is 451 g/mol. The molecule has 0 N–H and O–H groups in total. The van der Waals surface area contributed by atoms with Gasteiger partial charge in [0.2, 0.25) is 0 Å². The third-order valence-electron chi connectivity index (χ3n) is 5.33. The highest BCUT2D eigenvalue weighted by Gasteiger charge is 2.18. The summed E-state index contributed by atoms with van der Waals surface area (Å²) in [5, 5.41) is 12.9. The predicted octanol–water partition coefficient (Wildman–Crippen LogP) is 6.51. The highest BCUT2D eigenvalue weighted by atomic mass is 32.1. The van der Waals surface area contributed by atoms with E-state index in [2.05, 4.69) is 15.4 Å². The number of ether oxygens (including phenoxy) is 2. The summed E-state index contributed by atoms with van der Waals surface area (Å²) < 4.78 is 26.6. The molecule has 0 bridgehead atoms. The summed E-state index contributed by atoms with van der Waals surface area (Å²) in [4.78, 5) is 2.36. The van der Waals surface area contributed by atoms with Crippen LogP contribution in [0.15, 0.2) is 60.7 Å². The summed E-state index contributed by atoms with van der Waals surface area (Å²) in [7, 11) is 3.37. The molecule has 0 saturated heterocycles. The molecule has 0 atom stereocenters. The van der Waals surface area contributed by atoms with E-state index >= 15 is 0 Å². The number of nitrogens with zero attached hydrogens (tertiary/aromatic N) is 4. The van der Waals surface area contributed by atoms with Gasteiger partial charge < -0.3 is 9.47 Å². The van der Waals surface area contributed by atoms with Gasteiger partial charge in [-0.3, -0.25) is 0 Å². The van der Waals surface area contributed by atoms with Crippen molar-refractivity contribution in [2.24, 2.45) is 7.05 Å². The van der Waals surface area contributed by atoms with Gasteiger partial charge in [-0.2, -0.15) is 4.80 Å². The first-order valence-corrected chi connectivity index (χ1v) is 11.4. The van der Waals surface area contributed by atoms with E-state index in [1.54, 1.807) is 37.6 Å². The monoisotopic (exact) mass is 472 g/mol. The third kappa shape index (κ3) is 4.40. The fourth-order valence-electron chi connectivity index (χ4n) is 3.64. The van der Waals surface area contributed by atoms with Crippen molar-refractivity contribution < 1.29 is 13.9 Å². The second-order valence-electron chi connectivity index (χ2n) is 7.72. The summed E-state index contributed by atoms with van der Waals surface area (Å²) >= 11 is 1.60. The van der Waals surface area contributed by atoms with Crippen molar-refractivity contribution in [3.63, 3.8) is 0 Å². The van der Waals surface area contributed by atoms with Gasteiger partial charge in [0.05, 0.1) is 19.0 Å². The van der Waals surface area contributed by atoms with E-state index in [1.807, 2.05) is 55.5 Å². The molecule has 170 valence electrons. The number of methoxy groups -OCH3 is 1. The number of thiophene rings is 1. The molecule has 0 saturated carbocycles. The maximum absolute atomic E-state index is 13.8. The number of halogens is 1. The maximum Gasteiger partial charge on any atom is 0.197 e. The fourth-order valence-corrected chi connectivity index (χ4v) is 4.89. The van der Waals surface area contributed by atoms with Crippen molar-refractivity contribution in [2.45, 2.75) is 6.92 Å². The third-order valence-corrected chi connectivity index (χ3v) is 6.50. The molecule has 34 heavy (non-hydrogen) atoms. The zero-order valence-electron chi connectivity index (χ0n) is 18.8. The smallest absolute Gasteiger partial charge is 0.197 e. The van der Waals surface area contributed by atoms with Gasteiger partial charge in [-0.05, 0) is 77.4 Å². The number of fused-ring (bicyclic) bond motifs is 1. The molecule has 0 unspecified atom stereocenters. The van der Waals surface area contributed by atoms with Crippen LogP contribution in [0, 0.1) is 12.7 Å². The van der Waals surface area contributed by atoms with Crippen molar-refractivity contribution in [3.8, 4) is 27.7 Å². The SMILES string of the molecule is COc1ccc2c(Oc3ccc(/C=C/c4nnn(C)n4)cc3)c(-c3ccc(F)cc3C)sc2c1. The molecule has 2 heterocycles. The zero-order chi connectivity index (χ0) is 23.7. The lowest BCUT2D eigenvalue weighted by Gasteiger charge is -2.10. The summed E-state index contributed by atoms with van der Waals surface area (Å²) in [6, 6.07) is 18.5. The molecule has 0 spiro atoms. The largest absolute Gasteiger partial charge is 0.497 e. The summed E-state index contributed by atoms with van der Waals surface area (Å²) in [6.45, 7) is 1.90.